The predicted molar refractivity (Wildman–Crippen MR) is 97.1 cm³/mol. The van der Waals surface area contributed by atoms with E-state index in [1.807, 2.05) is 31.2 Å². The fourth-order valence-corrected chi connectivity index (χ4v) is 3.10. The van der Waals surface area contributed by atoms with Crippen LogP contribution in [0.25, 0.3) is 0 Å². The molecule has 3 rings (SSSR count). The molecule has 0 bridgehead atoms. The molecular formula is C18H20BrN3O. The molecule has 0 saturated carbocycles. The molecule has 0 aliphatic carbocycles. The van der Waals surface area contributed by atoms with Crippen LogP contribution in [-0.2, 0) is 0 Å². The van der Waals surface area contributed by atoms with Crippen LogP contribution >= 0.6 is 15.9 Å². The quantitative estimate of drug-likeness (QED) is 0.867. The summed E-state index contributed by atoms with van der Waals surface area (Å²) in [7, 11) is 0. The number of hydrogen-bond acceptors (Lipinski definition) is 3. The summed E-state index contributed by atoms with van der Waals surface area (Å²) in [6.45, 7) is 4.16. The lowest BCUT2D eigenvalue weighted by Gasteiger charge is -2.28. The van der Waals surface area contributed by atoms with E-state index in [-0.39, 0.29) is 5.91 Å². The second kappa shape index (κ2) is 7.13. The Morgan fingerprint density at radius 3 is 2.61 bits per heavy atom. The first-order valence-electron chi connectivity index (χ1n) is 7.92. The molecule has 120 valence electrons. The molecule has 0 spiro atoms. The summed E-state index contributed by atoms with van der Waals surface area (Å²) in [5.41, 5.74) is 3.42. The molecule has 1 aliphatic rings. The first-order chi connectivity index (χ1) is 11.1. The van der Waals surface area contributed by atoms with Gasteiger partial charge in [-0.1, -0.05) is 22.0 Å². The number of carbonyl (C=O) groups is 1. The molecule has 1 saturated heterocycles. The van der Waals surface area contributed by atoms with E-state index in [2.05, 4.69) is 31.1 Å². The van der Waals surface area contributed by atoms with Crippen molar-refractivity contribution >= 4 is 33.2 Å². The minimum absolute atomic E-state index is 0.189. The van der Waals surface area contributed by atoms with E-state index in [0.717, 1.165) is 34.5 Å². The van der Waals surface area contributed by atoms with E-state index in [9.17, 15) is 4.79 Å². The van der Waals surface area contributed by atoms with Gasteiger partial charge < -0.3 is 10.2 Å². The van der Waals surface area contributed by atoms with E-state index >= 15 is 0 Å². The zero-order chi connectivity index (χ0) is 16.2. The van der Waals surface area contributed by atoms with Gasteiger partial charge in [0.1, 0.15) is 5.69 Å². The van der Waals surface area contributed by atoms with Crippen LogP contribution in [0.2, 0.25) is 0 Å². The van der Waals surface area contributed by atoms with Gasteiger partial charge in [-0.2, -0.15) is 0 Å². The molecule has 1 aromatic heterocycles. The van der Waals surface area contributed by atoms with E-state index in [1.54, 1.807) is 12.3 Å². The highest BCUT2D eigenvalue weighted by atomic mass is 79.9. The number of benzene rings is 1. The van der Waals surface area contributed by atoms with Gasteiger partial charge in [-0.05, 0) is 56.0 Å². The average molecular weight is 374 g/mol. The van der Waals surface area contributed by atoms with Crippen LogP contribution in [0.5, 0.6) is 0 Å². The number of anilines is 2. The van der Waals surface area contributed by atoms with Crippen molar-refractivity contribution in [2.24, 2.45) is 0 Å². The van der Waals surface area contributed by atoms with Gasteiger partial charge in [-0.25, -0.2) is 4.98 Å². The van der Waals surface area contributed by atoms with E-state index in [4.69, 9.17) is 0 Å². The molecule has 0 atom stereocenters. The maximum atomic E-state index is 12.3. The van der Waals surface area contributed by atoms with Crippen LogP contribution < -0.4 is 10.2 Å². The predicted octanol–water partition coefficient (Wildman–Crippen LogP) is 4.40. The van der Waals surface area contributed by atoms with Gasteiger partial charge in [-0.15, -0.1) is 0 Å². The number of piperidine rings is 1. The van der Waals surface area contributed by atoms with Crippen molar-refractivity contribution < 1.29 is 4.79 Å². The number of nitrogens with zero attached hydrogens (tertiary/aromatic N) is 2. The lowest BCUT2D eigenvalue weighted by Crippen LogP contribution is -2.29. The molecule has 0 unspecified atom stereocenters. The average Bonchev–Trinajstić information content (AvgIpc) is 2.59. The first-order valence-corrected chi connectivity index (χ1v) is 8.71. The molecule has 1 fully saturated rings. The Morgan fingerprint density at radius 1 is 1.17 bits per heavy atom. The number of aromatic nitrogens is 1. The summed E-state index contributed by atoms with van der Waals surface area (Å²) in [5, 5.41) is 2.88. The van der Waals surface area contributed by atoms with Gasteiger partial charge in [0.05, 0.1) is 11.9 Å². The maximum Gasteiger partial charge on any atom is 0.274 e. The van der Waals surface area contributed by atoms with E-state index < -0.39 is 0 Å². The molecule has 23 heavy (non-hydrogen) atoms. The van der Waals surface area contributed by atoms with Crippen molar-refractivity contribution in [2.75, 3.05) is 23.3 Å². The van der Waals surface area contributed by atoms with Gasteiger partial charge in [0.2, 0.25) is 0 Å². The van der Waals surface area contributed by atoms with Gasteiger partial charge in [0, 0.05) is 23.2 Å². The Labute approximate surface area is 145 Å². The van der Waals surface area contributed by atoms with Crippen molar-refractivity contribution in [1.82, 2.24) is 4.98 Å². The van der Waals surface area contributed by atoms with Crippen molar-refractivity contribution in [2.45, 2.75) is 26.2 Å². The van der Waals surface area contributed by atoms with Gasteiger partial charge in [-0.3, -0.25) is 4.79 Å². The SMILES string of the molecule is Cc1ccc(NC(=O)c2ccc(N3CCCCC3)cn2)cc1Br. The smallest absolute Gasteiger partial charge is 0.274 e. The minimum Gasteiger partial charge on any atom is -0.370 e. The minimum atomic E-state index is -0.189. The molecule has 1 amide bonds. The number of amides is 1. The second-order valence-corrected chi connectivity index (χ2v) is 6.72. The molecular weight excluding hydrogens is 354 g/mol. The Morgan fingerprint density at radius 2 is 1.96 bits per heavy atom. The number of rotatable bonds is 3. The molecule has 5 heteroatoms. The number of carbonyl (C=O) groups excluding carboxylic acids is 1. The molecule has 1 aliphatic heterocycles. The molecule has 1 aromatic carbocycles. The van der Waals surface area contributed by atoms with Crippen molar-refractivity contribution in [1.29, 1.82) is 0 Å². The van der Waals surface area contributed by atoms with E-state index in [1.165, 1.54) is 19.3 Å². The van der Waals surface area contributed by atoms with Gasteiger partial charge in [0.25, 0.3) is 5.91 Å². The molecule has 0 radical (unpaired) electrons. The summed E-state index contributed by atoms with van der Waals surface area (Å²) in [6, 6.07) is 9.53. The zero-order valence-electron chi connectivity index (χ0n) is 13.2. The Kier molecular flexibility index (Phi) is 4.96. The normalized spacial score (nSPS) is 14.6. The Hall–Kier alpha value is -1.88. The van der Waals surface area contributed by atoms with E-state index in [0.29, 0.717) is 5.69 Å². The Balaban J connectivity index is 1.68. The fraction of sp³-hybridized carbons (Fsp3) is 0.333. The van der Waals surface area contributed by atoms with Crippen LogP contribution in [-0.4, -0.2) is 24.0 Å². The number of aryl methyl sites for hydroxylation is 1. The summed E-state index contributed by atoms with van der Waals surface area (Å²) in [5.74, 6) is -0.189. The standard InChI is InChI=1S/C18H20BrN3O/c1-13-5-6-14(11-16(13)19)21-18(23)17-8-7-15(12-20-17)22-9-3-2-4-10-22/h5-8,11-12H,2-4,9-10H2,1H3,(H,21,23). The third-order valence-corrected chi connectivity index (χ3v) is 4.99. The molecule has 2 aromatic rings. The number of pyridine rings is 1. The number of nitrogens with one attached hydrogen (secondary N) is 1. The molecule has 4 nitrogen and oxygen atoms in total. The second-order valence-electron chi connectivity index (χ2n) is 5.87. The number of halogens is 1. The summed E-state index contributed by atoms with van der Waals surface area (Å²) in [4.78, 5) is 18.9. The first kappa shape index (κ1) is 16.0. The van der Waals surface area contributed by atoms with Crippen molar-refractivity contribution in [3.63, 3.8) is 0 Å². The zero-order valence-corrected chi connectivity index (χ0v) is 14.8. The Bertz CT molecular complexity index is 694. The van der Waals surface area contributed by atoms with Crippen LogP contribution in [0.4, 0.5) is 11.4 Å². The van der Waals surface area contributed by atoms with Crippen molar-refractivity contribution in [3.05, 3.63) is 52.3 Å². The fourth-order valence-electron chi connectivity index (χ4n) is 2.73. The van der Waals surface area contributed by atoms with Crippen LogP contribution in [0, 0.1) is 6.92 Å². The topological polar surface area (TPSA) is 45.2 Å². The van der Waals surface area contributed by atoms with Crippen LogP contribution in [0.15, 0.2) is 41.0 Å². The lowest BCUT2D eigenvalue weighted by atomic mass is 10.1. The third-order valence-electron chi connectivity index (χ3n) is 4.13. The highest BCUT2D eigenvalue weighted by molar-refractivity contribution is 9.10. The highest BCUT2D eigenvalue weighted by Gasteiger charge is 2.13. The van der Waals surface area contributed by atoms with Gasteiger partial charge in [0.15, 0.2) is 0 Å². The van der Waals surface area contributed by atoms with Crippen LogP contribution in [0.3, 0.4) is 0 Å². The number of hydrogen-bond donors (Lipinski definition) is 1. The largest absolute Gasteiger partial charge is 0.370 e. The molecule has 1 N–H and O–H groups in total. The summed E-state index contributed by atoms with van der Waals surface area (Å²) in [6.07, 6.45) is 5.55. The third kappa shape index (κ3) is 3.91. The summed E-state index contributed by atoms with van der Waals surface area (Å²) < 4.78 is 0.976. The van der Waals surface area contributed by atoms with Gasteiger partial charge >= 0.3 is 0 Å². The highest BCUT2D eigenvalue weighted by Crippen LogP contribution is 2.22. The molecule has 2 heterocycles. The monoisotopic (exact) mass is 373 g/mol. The lowest BCUT2D eigenvalue weighted by molar-refractivity contribution is 0.102. The summed E-state index contributed by atoms with van der Waals surface area (Å²) >= 11 is 3.47. The maximum absolute atomic E-state index is 12.3. The van der Waals surface area contributed by atoms with Crippen LogP contribution in [0.1, 0.15) is 35.3 Å². The van der Waals surface area contributed by atoms with Crippen molar-refractivity contribution in [3.8, 4) is 0 Å².